The molecule has 0 aromatic heterocycles. The van der Waals surface area contributed by atoms with Gasteiger partial charge in [-0.2, -0.15) is 11.8 Å². The van der Waals surface area contributed by atoms with Crippen LogP contribution in [0.1, 0.15) is 13.8 Å². The zero-order valence-electron chi connectivity index (χ0n) is 8.88. The fourth-order valence-corrected chi connectivity index (χ4v) is 3.05. The highest BCUT2D eigenvalue weighted by Crippen LogP contribution is 2.27. The van der Waals surface area contributed by atoms with Crippen LogP contribution in [-0.2, 0) is 4.79 Å². The molecule has 4 heteroatoms. The first kappa shape index (κ1) is 10.3. The van der Waals surface area contributed by atoms with Crippen molar-refractivity contribution in [3.63, 3.8) is 0 Å². The average Bonchev–Trinajstić information content (AvgIpc) is 2.13. The van der Waals surface area contributed by atoms with Gasteiger partial charge in [0, 0.05) is 37.2 Å². The van der Waals surface area contributed by atoms with E-state index < -0.39 is 0 Å². The van der Waals surface area contributed by atoms with Crippen molar-refractivity contribution < 1.29 is 4.79 Å². The van der Waals surface area contributed by atoms with Gasteiger partial charge in [-0.05, 0) is 6.92 Å². The maximum atomic E-state index is 12.1. The fourth-order valence-electron chi connectivity index (χ4n) is 2.04. The molecule has 1 unspecified atom stereocenters. The van der Waals surface area contributed by atoms with E-state index in [-0.39, 0.29) is 5.41 Å². The summed E-state index contributed by atoms with van der Waals surface area (Å²) in [7, 11) is 0. The molecule has 1 N–H and O–H groups in total. The molecule has 1 amide bonds. The maximum absolute atomic E-state index is 12.1. The monoisotopic (exact) mass is 214 g/mol. The summed E-state index contributed by atoms with van der Waals surface area (Å²) in [5, 5.41) is 3.78. The van der Waals surface area contributed by atoms with Crippen molar-refractivity contribution in [2.24, 2.45) is 5.41 Å². The Labute approximate surface area is 89.6 Å². The lowest BCUT2D eigenvalue weighted by Gasteiger charge is -2.43. The summed E-state index contributed by atoms with van der Waals surface area (Å²) in [5.41, 5.74) is -0.109. The number of carbonyl (C=O) groups excluding carboxylic acids is 1. The van der Waals surface area contributed by atoms with E-state index in [9.17, 15) is 4.79 Å². The molecule has 2 rings (SSSR count). The molecule has 0 aromatic rings. The predicted octanol–water partition coefficient (Wildman–Crippen LogP) is 0.560. The Kier molecular flexibility index (Phi) is 2.75. The molecule has 2 fully saturated rings. The summed E-state index contributed by atoms with van der Waals surface area (Å²) >= 11 is 1.97. The first-order valence-corrected chi connectivity index (χ1v) is 6.28. The third kappa shape index (κ3) is 1.77. The van der Waals surface area contributed by atoms with Crippen molar-refractivity contribution in [2.75, 3.05) is 31.9 Å². The third-order valence-corrected chi connectivity index (χ3v) is 4.21. The number of hydrogen-bond donors (Lipinski definition) is 1. The molecule has 14 heavy (non-hydrogen) atoms. The molecule has 2 heterocycles. The maximum Gasteiger partial charge on any atom is 0.231 e. The number of amides is 1. The largest absolute Gasteiger partial charge is 0.340 e. The van der Waals surface area contributed by atoms with Crippen LogP contribution in [0.3, 0.4) is 0 Å². The standard InChI is InChI=1S/C10H18N2OS/c1-8-5-12(3-4-14-8)9(13)10(2)6-11-7-10/h8,11H,3-7H2,1-2H3. The zero-order valence-corrected chi connectivity index (χ0v) is 9.69. The molecule has 0 aromatic carbocycles. The van der Waals surface area contributed by atoms with Crippen LogP contribution < -0.4 is 5.32 Å². The molecule has 0 aliphatic carbocycles. The van der Waals surface area contributed by atoms with Crippen molar-refractivity contribution in [3.8, 4) is 0 Å². The molecule has 2 aliphatic heterocycles. The highest BCUT2D eigenvalue weighted by Gasteiger charge is 2.42. The van der Waals surface area contributed by atoms with E-state index in [1.807, 2.05) is 16.7 Å². The third-order valence-electron chi connectivity index (χ3n) is 3.07. The molecule has 1 atom stereocenters. The molecule has 3 nitrogen and oxygen atoms in total. The summed E-state index contributed by atoms with van der Waals surface area (Å²) in [6, 6.07) is 0. The van der Waals surface area contributed by atoms with E-state index in [1.54, 1.807) is 0 Å². The molecule has 2 saturated heterocycles. The van der Waals surface area contributed by atoms with Crippen LogP contribution in [-0.4, -0.2) is 48.0 Å². The number of carbonyl (C=O) groups is 1. The molecule has 80 valence electrons. The van der Waals surface area contributed by atoms with E-state index in [0.29, 0.717) is 11.2 Å². The molecular weight excluding hydrogens is 196 g/mol. The van der Waals surface area contributed by atoms with Crippen molar-refractivity contribution in [1.82, 2.24) is 10.2 Å². The van der Waals surface area contributed by atoms with E-state index in [0.717, 1.165) is 31.9 Å². The van der Waals surface area contributed by atoms with Crippen LogP contribution in [0.2, 0.25) is 0 Å². The Hall–Kier alpha value is -0.220. The number of rotatable bonds is 1. The molecular formula is C10H18N2OS. The van der Waals surface area contributed by atoms with Crippen LogP contribution >= 0.6 is 11.8 Å². The van der Waals surface area contributed by atoms with Gasteiger partial charge >= 0.3 is 0 Å². The highest BCUT2D eigenvalue weighted by molar-refractivity contribution is 7.99. The summed E-state index contributed by atoms with van der Waals surface area (Å²) in [6.45, 7) is 7.83. The second-order valence-electron chi connectivity index (χ2n) is 4.60. The molecule has 0 bridgehead atoms. The lowest BCUT2D eigenvalue weighted by atomic mass is 9.82. The van der Waals surface area contributed by atoms with Gasteiger partial charge in [-0.15, -0.1) is 0 Å². The highest BCUT2D eigenvalue weighted by atomic mass is 32.2. The van der Waals surface area contributed by atoms with Gasteiger partial charge in [0.05, 0.1) is 5.41 Å². The quantitative estimate of drug-likeness (QED) is 0.692. The molecule has 0 saturated carbocycles. The number of nitrogens with one attached hydrogen (secondary N) is 1. The van der Waals surface area contributed by atoms with Gasteiger partial charge in [-0.25, -0.2) is 0 Å². The van der Waals surface area contributed by atoms with Crippen molar-refractivity contribution in [1.29, 1.82) is 0 Å². The van der Waals surface area contributed by atoms with Crippen LogP contribution in [0, 0.1) is 5.41 Å². The van der Waals surface area contributed by atoms with Crippen LogP contribution in [0.4, 0.5) is 0 Å². The van der Waals surface area contributed by atoms with Gasteiger partial charge in [0.2, 0.25) is 5.91 Å². The first-order valence-electron chi connectivity index (χ1n) is 5.23. The Morgan fingerprint density at radius 1 is 1.57 bits per heavy atom. The molecule has 2 aliphatic rings. The van der Waals surface area contributed by atoms with Crippen LogP contribution in [0.5, 0.6) is 0 Å². The minimum absolute atomic E-state index is 0.109. The second-order valence-corrected chi connectivity index (χ2v) is 6.14. The topological polar surface area (TPSA) is 32.3 Å². The Balaban J connectivity index is 1.96. The molecule has 0 spiro atoms. The van der Waals surface area contributed by atoms with E-state index in [2.05, 4.69) is 19.2 Å². The SMILES string of the molecule is CC1CN(C(=O)C2(C)CNC2)CCS1. The lowest BCUT2D eigenvalue weighted by Crippen LogP contribution is -2.61. The van der Waals surface area contributed by atoms with Crippen molar-refractivity contribution >= 4 is 17.7 Å². The number of nitrogens with zero attached hydrogens (tertiary/aromatic N) is 1. The summed E-state index contributed by atoms with van der Waals surface area (Å²) in [4.78, 5) is 14.2. The van der Waals surface area contributed by atoms with Gasteiger partial charge in [0.25, 0.3) is 0 Å². The van der Waals surface area contributed by atoms with Gasteiger partial charge in [0.15, 0.2) is 0 Å². The number of thioether (sulfide) groups is 1. The average molecular weight is 214 g/mol. The van der Waals surface area contributed by atoms with Crippen molar-refractivity contribution in [3.05, 3.63) is 0 Å². The fraction of sp³-hybridized carbons (Fsp3) is 0.900. The van der Waals surface area contributed by atoms with Crippen LogP contribution in [0.15, 0.2) is 0 Å². The Bertz CT molecular complexity index is 240. The minimum Gasteiger partial charge on any atom is -0.340 e. The Morgan fingerprint density at radius 3 is 2.79 bits per heavy atom. The first-order chi connectivity index (χ1) is 6.62. The van der Waals surface area contributed by atoms with Crippen molar-refractivity contribution in [2.45, 2.75) is 19.1 Å². The van der Waals surface area contributed by atoms with E-state index in [1.165, 1.54) is 0 Å². The smallest absolute Gasteiger partial charge is 0.231 e. The number of hydrogen-bond acceptors (Lipinski definition) is 3. The van der Waals surface area contributed by atoms with Crippen LogP contribution in [0.25, 0.3) is 0 Å². The second kappa shape index (κ2) is 3.74. The zero-order chi connectivity index (χ0) is 10.2. The lowest BCUT2D eigenvalue weighted by molar-refractivity contribution is -0.143. The van der Waals surface area contributed by atoms with E-state index in [4.69, 9.17) is 0 Å². The molecule has 0 radical (unpaired) electrons. The summed E-state index contributed by atoms with van der Waals surface area (Å²) in [6.07, 6.45) is 0. The normalized spacial score (nSPS) is 31.0. The summed E-state index contributed by atoms with van der Waals surface area (Å²) in [5.74, 6) is 1.44. The predicted molar refractivity (Wildman–Crippen MR) is 59.5 cm³/mol. The Morgan fingerprint density at radius 2 is 2.29 bits per heavy atom. The summed E-state index contributed by atoms with van der Waals surface area (Å²) < 4.78 is 0. The minimum atomic E-state index is -0.109. The van der Waals surface area contributed by atoms with Gasteiger partial charge in [0.1, 0.15) is 0 Å². The van der Waals surface area contributed by atoms with Gasteiger partial charge in [-0.1, -0.05) is 6.92 Å². The van der Waals surface area contributed by atoms with E-state index >= 15 is 0 Å². The van der Waals surface area contributed by atoms with Gasteiger partial charge < -0.3 is 10.2 Å². The van der Waals surface area contributed by atoms with Gasteiger partial charge in [-0.3, -0.25) is 4.79 Å².